The number of nitrogens with two attached hydrogens (primary N) is 1. The third-order valence-corrected chi connectivity index (χ3v) is 11.0. The van der Waals surface area contributed by atoms with Crippen molar-refractivity contribution in [3.8, 4) is 12.1 Å². The number of nitrogen functional groups attached to an aromatic ring is 1. The number of hydrogen-bond donors (Lipinski definition) is 4. The van der Waals surface area contributed by atoms with Crippen molar-refractivity contribution in [3.63, 3.8) is 0 Å². The molecule has 2 aromatic heterocycles. The maximum atomic E-state index is 13.2. The van der Waals surface area contributed by atoms with E-state index in [4.69, 9.17) is 40.6 Å². The van der Waals surface area contributed by atoms with Crippen molar-refractivity contribution >= 4 is 30.8 Å². The molecule has 0 radical (unpaired) electrons. The number of nitrogens with zero attached hydrogens (tertiary/aromatic N) is 5. The number of aliphatic hydroxyl groups excluding tert-OH is 2. The number of benzene rings is 1. The minimum Gasteiger partial charge on any atom is -0.387 e. The Hall–Kier alpha value is -3.18. The molecule has 3 rings (SSSR count). The van der Waals surface area contributed by atoms with Crippen molar-refractivity contribution in [3.05, 3.63) is 58.5 Å². The summed E-state index contributed by atoms with van der Waals surface area (Å²) in [6.07, 6.45) is 13.6. The van der Waals surface area contributed by atoms with E-state index in [0.717, 1.165) is 19.3 Å². The zero-order valence-electron chi connectivity index (χ0n) is 33.3. The first-order valence-electron chi connectivity index (χ1n) is 19.9. The molecular formula is C40H60ClN6O9P. The van der Waals surface area contributed by atoms with E-state index >= 15 is 0 Å². The second-order valence-corrected chi connectivity index (χ2v) is 16.2. The molecule has 17 heteroatoms. The van der Waals surface area contributed by atoms with E-state index in [-0.39, 0.29) is 24.7 Å². The van der Waals surface area contributed by atoms with Gasteiger partial charge in [-0.15, -0.1) is 0 Å². The van der Waals surface area contributed by atoms with Crippen molar-refractivity contribution in [2.24, 2.45) is 0 Å². The highest BCUT2D eigenvalue weighted by Gasteiger charge is 2.46. The Bertz CT molecular complexity index is 1750. The Labute approximate surface area is 341 Å². The number of phosphoric acid groups is 1. The molecule has 3 aromatic rings. The first-order chi connectivity index (χ1) is 27.5. The van der Waals surface area contributed by atoms with E-state index in [1.165, 1.54) is 101 Å². The number of hydrogen-bond acceptors (Lipinski definition) is 13. The van der Waals surface area contributed by atoms with Crippen LogP contribution in [0, 0.1) is 22.7 Å². The lowest BCUT2D eigenvalue weighted by molar-refractivity contribution is -0.162. The number of phosphoric ester groups is 1. The molecular weight excluding hydrogens is 775 g/mol. The monoisotopic (exact) mass is 834 g/mol. The molecule has 0 fully saturated rings. The minimum absolute atomic E-state index is 0.00605. The third-order valence-electron chi connectivity index (χ3n) is 9.85. The van der Waals surface area contributed by atoms with Crippen LogP contribution in [0.3, 0.4) is 0 Å². The topological polar surface area (TPSA) is 228 Å². The fourth-order valence-electron chi connectivity index (χ4n) is 6.45. The van der Waals surface area contributed by atoms with Crippen LogP contribution < -0.4 is 5.73 Å². The second kappa shape index (κ2) is 26.0. The van der Waals surface area contributed by atoms with Gasteiger partial charge in [-0.05, 0) is 42.3 Å². The Morgan fingerprint density at radius 2 is 1.60 bits per heavy atom. The quantitative estimate of drug-likeness (QED) is 0.0359. The number of aromatic nitrogens is 3. The lowest BCUT2D eigenvalue weighted by Gasteiger charge is -2.37. The average Bonchev–Trinajstić information content (AvgIpc) is 3.65. The summed E-state index contributed by atoms with van der Waals surface area (Å²) in [7, 11) is -3.70. The molecule has 57 heavy (non-hydrogen) atoms. The second-order valence-electron chi connectivity index (χ2n) is 14.3. The highest BCUT2D eigenvalue weighted by molar-refractivity contribution is 7.47. The number of anilines is 1. The first kappa shape index (κ1) is 48.2. The number of rotatable bonds is 31. The van der Waals surface area contributed by atoms with E-state index in [9.17, 15) is 30.2 Å². The predicted molar refractivity (Wildman–Crippen MR) is 216 cm³/mol. The van der Waals surface area contributed by atoms with Crippen molar-refractivity contribution in [2.45, 2.75) is 134 Å². The van der Waals surface area contributed by atoms with Gasteiger partial charge >= 0.3 is 7.82 Å². The molecule has 2 heterocycles. The largest absolute Gasteiger partial charge is 0.472 e. The van der Waals surface area contributed by atoms with Gasteiger partial charge in [0.05, 0.1) is 56.2 Å². The Morgan fingerprint density at radius 3 is 2.21 bits per heavy atom. The number of methoxy groups -OCH3 is 1. The Morgan fingerprint density at radius 1 is 0.947 bits per heavy atom. The number of ether oxygens (including phenoxy) is 3. The molecule has 316 valence electrons. The maximum Gasteiger partial charge on any atom is 0.472 e. The lowest BCUT2D eigenvalue weighted by Crippen LogP contribution is -2.51. The van der Waals surface area contributed by atoms with Gasteiger partial charge in [0.2, 0.25) is 0 Å². The predicted octanol–water partition coefficient (Wildman–Crippen LogP) is 7.75. The summed E-state index contributed by atoms with van der Waals surface area (Å²) in [5, 5.41) is 45.8. The maximum absolute atomic E-state index is 13.2. The van der Waals surface area contributed by atoms with Crippen molar-refractivity contribution in [1.29, 1.82) is 10.5 Å². The van der Waals surface area contributed by atoms with Crippen LogP contribution in [0.25, 0.3) is 5.52 Å². The highest BCUT2D eigenvalue weighted by atomic mass is 35.5. The average molecular weight is 835 g/mol. The van der Waals surface area contributed by atoms with Gasteiger partial charge in [0.1, 0.15) is 35.8 Å². The summed E-state index contributed by atoms with van der Waals surface area (Å²) >= 11 is 6.17. The van der Waals surface area contributed by atoms with Gasteiger partial charge in [-0.1, -0.05) is 102 Å². The molecule has 0 spiro atoms. The van der Waals surface area contributed by atoms with Crippen LogP contribution in [0.2, 0.25) is 5.02 Å². The van der Waals surface area contributed by atoms with Gasteiger partial charge in [-0.25, -0.2) is 14.1 Å². The van der Waals surface area contributed by atoms with Crippen LogP contribution in [0.15, 0.2) is 36.7 Å². The molecule has 0 saturated heterocycles. The molecule has 1 unspecified atom stereocenters. The van der Waals surface area contributed by atoms with Crippen molar-refractivity contribution in [2.75, 3.05) is 39.3 Å². The van der Waals surface area contributed by atoms with Crippen LogP contribution >= 0.6 is 19.4 Å². The smallest absolute Gasteiger partial charge is 0.387 e. The lowest BCUT2D eigenvalue weighted by atomic mass is 9.89. The third kappa shape index (κ3) is 16.5. The van der Waals surface area contributed by atoms with E-state index < -0.39 is 51.4 Å². The minimum atomic E-state index is -4.87. The summed E-state index contributed by atoms with van der Waals surface area (Å²) in [5.41, 5.74) is 5.35. The fourth-order valence-corrected chi connectivity index (χ4v) is 7.52. The molecule has 0 aliphatic rings. The molecule has 1 aromatic carbocycles. The SMILES string of the molecule is CCCCCCCCCCCCCCCCOC[C@@H](COP(=O)(O)OC[C@@](CC#N)(OC)[C@@H](O)[C@@H](O)c1ccc2c(N)ncnn12)OCc1cc(Cl)cc(C#N)c1. The van der Waals surface area contributed by atoms with Crippen molar-refractivity contribution in [1.82, 2.24) is 14.6 Å². The van der Waals surface area contributed by atoms with Crippen LogP contribution in [0.1, 0.15) is 126 Å². The Kier molecular flexibility index (Phi) is 22.0. The number of aliphatic hydroxyl groups is 2. The number of nitriles is 2. The number of unbranched alkanes of at least 4 members (excludes halogenated alkanes) is 13. The number of fused-ring (bicyclic) bond motifs is 1. The van der Waals surface area contributed by atoms with Gasteiger partial charge < -0.3 is 35.1 Å². The number of halogens is 1. The van der Waals surface area contributed by atoms with E-state index in [1.807, 2.05) is 12.1 Å². The zero-order valence-corrected chi connectivity index (χ0v) is 34.9. The summed E-state index contributed by atoms with van der Waals surface area (Å²) in [4.78, 5) is 14.6. The summed E-state index contributed by atoms with van der Waals surface area (Å²) in [5.74, 6) is 0.136. The molecule has 0 saturated carbocycles. The first-order valence-corrected chi connectivity index (χ1v) is 21.7. The fraction of sp³-hybridized carbons (Fsp3) is 0.650. The molecule has 0 aliphatic heterocycles. The van der Waals surface area contributed by atoms with E-state index in [0.29, 0.717) is 28.3 Å². The van der Waals surface area contributed by atoms with Gasteiger partial charge in [0.15, 0.2) is 5.82 Å². The molecule has 0 aliphatic carbocycles. The molecule has 5 N–H and O–H groups in total. The molecule has 15 nitrogen and oxygen atoms in total. The van der Waals surface area contributed by atoms with Crippen LogP contribution in [0.4, 0.5) is 5.82 Å². The molecule has 5 atom stereocenters. The van der Waals surface area contributed by atoms with Crippen molar-refractivity contribution < 1.29 is 42.9 Å². The summed E-state index contributed by atoms with van der Waals surface area (Å²) in [6.45, 7) is 1.49. The zero-order chi connectivity index (χ0) is 41.5. The standard InChI is InChI=1S/C40H60ClN6O9P/c1-3-4-5-6-7-8-9-10-11-12-13-14-15-16-21-53-27-34(54-26-32-22-31(25-43)23-33(41)24-32)28-55-57(50,51)56-29-40(52-2,19-20-42)38(49)37(48)35-17-18-36-39(44)45-30-46-47(35)36/h17-18,22-24,30,34,37-38,48-49H,3-16,19,21,26-29H2,1-2H3,(H,50,51)(H2,44,45,46)/t34-,37-,38-,40+/m0/s1. The van der Waals surface area contributed by atoms with Gasteiger partial charge in [-0.2, -0.15) is 15.6 Å². The highest BCUT2D eigenvalue weighted by Crippen LogP contribution is 2.45. The van der Waals surface area contributed by atoms with E-state index in [1.54, 1.807) is 18.2 Å². The van der Waals surface area contributed by atoms with Crippen LogP contribution in [0.5, 0.6) is 0 Å². The van der Waals surface area contributed by atoms with Gasteiger partial charge in [-0.3, -0.25) is 9.05 Å². The van der Waals surface area contributed by atoms with Gasteiger partial charge in [0, 0.05) is 18.7 Å². The molecule has 0 amide bonds. The summed E-state index contributed by atoms with van der Waals surface area (Å²) < 4.78 is 42.4. The Balaban J connectivity index is 1.52. The van der Waals surface area contributed by atoms with Crippen LogP contribution in [-0.2, 0) is 34.4 Å². The normalized spacial score (nSPS) is 15.4. The summed E-state index contributed by atoms with van der Waals surface area (Å²) in [6, 6.07) is 11.7. The molecule has 0 bridgehead atoms. The van der Waals surface area contributed by atoms with Gasteiger partial charge in [0.25, 0.3) is 0 Å². The van der Waals surface area contributed by atoms with Crippen LogP contribution in [-0.4, -0.2) is 81.1 Å². The van der Waals surface area contributed by atoms with E-state index in [2.05, 4.69) is 17.0 Å².